The highest BCUT2D eigenvalue weighted by Gasteiger charge is 2.46. The van der Waals surface area contributed by atoms with Gasteiger partial charge in [-0.25, -0.2) is 0 Å². The first-order chi connectivity index (χ1) is 26.2. The van der Waals surface area contributed by atoms with Crippen molar-refractivity contribution in [2.75, 3.05) is 0 Å². The molecule has 4 nitrogen and oxygen atoms in total. The molecule has 6 heteroatoms. The van der Waals surface area contributed by atoms with Crippen molar-refractivity contribution in [1.82, 2.24) is 0 Å². The van der Waals surface area contributed by atoms with Gasteiger partial charge in [0.25, 0.3) is 0 Å². The Morgan fingerprint density at radius 3 is 0.925 bits per heavy atom. The lowest BCUT2D eigenvalue weighted by molar-refractivity contribution is 0.345. The molecule has 0 fully saturated rings. The fraction of sp³-hybridized carbons (Fsp3) is 0.0638. The Balaban J connectivity index is 1.26. The zero-order valence-corrected chi connectivity index (χ0v) is 31.8. The maximum Gasteiger partial charge on any atom is 0.380 e. The Kier molecular flexibility index (Phi) is 11.3. The van der Waals surface area contributed by atoms with E-state index in [1.165, 1.54) is 0 Å². The van der Waals surface area contributed by atoms with Gasteiger partial charge in [-0.05, 0) is 56.4 Å². The van der Waals surface area contributed by atoms with Crippen molar-refractivity contribution in [3.8, 4) is 0 Å². The van der Waals surface area contributed by atoms with E-state index in [0.29, 0.717) is 12.8 Å². The zero-order valence-electron chi connectivity index (χ0n) is 29.8. The van der Waals surface area contributed by atoms with Crippen LogP contribution >= 0.6 is 0 Å². The van der Waals surface area contributed by atoms with Crippen molar-refractivity contribution in [1.29, 1.82) is 0 Å². The summed E-state index contributed by atoms with van der Waals surface area (Å²) in [5.74, 6) is 0. The van der Waals surface area contributed by atoms with Gasteiger partial charge in [0, 0.05) is 0 Å². The molecule has 0 radical (unpaired) electrons. The van der Waals surface area contributed by atoms with Gasteiger partial charge in [-0.1, -0.05) is 212 Å². The number of rotatable bonds is 14. The SMILES string of the molecule is C/C(CC/C(=N/O[Si](c1ccccc1)(c1ccccc1)c1ccccc1)c1ccccc1)=N\O[Si](c1ccccc1)(c1ccccc1)c1ccccc1. The molecule has 0 saturated carbocycles. The lowest BCUT2D eigenvalue weighted by atomic mass is 10.0. The minimum absolute atomic E-state index is 0.613. The molecule has 0 aliphatic rings. The largest absolute Gasteiger partial charge is 0.438 e. The van der Waals surface area contributed by atoms with Crippen LogP contribution in [0.15, 0.2) is 223 Å². The minimum atomic E-state index is -3.07. The topological polar surface area (TPSA) is 43.2 Å². The summed E-state index contributed by atoms with van der Waals surface area (Å²) in [5, 5.41) is 16.8. The first-order valence-electron chi connectivity index (χ1n) is 18.1. The molecule has 7 aromatic carbocycles. The van der Waals surface area contributed by atoms with Gasteiger partial charge >= 0.3 is 16.6 Å². The fourth-order valence-electron chi connectivity index (χ4n) is 6.84. The summed E-state index contributed by atoms with van der Waals surface area (Å²) in [6, 6.07) is 73.5. The van der Waals surface area contributed by atoms with E-state index in [1.807, 2.05) is 61.5 Å². The normalized spacial score (nSPS) is 12.2. The molecule has 0 aromatic heterocycles. The lowest BCUT2D eigenvalue weighted by Gasteiger charge is -2.30. The summed E-state index contributed by atoms with van der Waals surface area (Å²) >= 11 is 0. The minimum Gasteiger partial charge on any atom is -0.438 e. The molecule has 0 aliphatic heterocycles. The monoisotopic (exact) mass is 722 g/mol. The molecule has 0 heterocycles. The Morgan fingerprint density at radius 1 is 0.358 bits per heavy atom. The van der Waals surface area contributed by atoms with Crippen LogP contribution in [0.1, 0.15) is 25.3 Å². The van der Waals surface area contributed by atoms with E-state index < -0.39 is 16.6 Å². The highest BCUT2D eigenvalue weighted by atomic mass is 28.4. The van der Waals surface area contributed by atoms with E-state index in [4.69, 9.17) is 19.4 Å². The van der Waals surface area contributed by atoms with Crippen LogP contribution in [0.3, 0.4) is 0 Å². The van der Waals surface area contributed by atoms with E-state index in [0.717, 1.165) is 48.1 Å². The number of nitrogens with zero attached hydrogens (tertiary/aromatic N) is 2. The van der Waals surface area contributed by atoms with E-state index in [9.17, 15) is 0 Å². The average Bonchev–Trinajstić information content (AvgIpc) is 3.25. The maximum atomic E-state index is 7.09. The van der Waals surface area contributed by atoms with Crippen molar-refractivity contribution < 1.29 is 9.05 Å². The van der Waals surface area contributed by atoms with Gasteiger partial charge in [0.15, 0.2) is 0 Å². The second kappa shape index (κ2) is 17.0. The first kappa shape index (κ1) is 35.3. The number of hydrogen-bond acceptors (Lipinski definition) is 4. The third-order valence-electron chi connectivity index (χ3n) is 9.54. The summed E-state index contributed by atoms with van der Waals surface area (Å²) < 4.78 is 14.0. The molecule has 0 spiro atoms. The second-order valence-corrected chi connectivity index (χ2v) is 19.5. The smallest absolute Gasteiger partial charge is 0.380 e. The molecular weight excluding hydrogens is 681 g/mol. The Morgan fingerprint density at radius 2 is 0.623 bits per heavy atom. The highest BCUT2D eigenvalue weighted by molar-refractivity contribution is 7.07. The van der Waals surface area contributed by atoms with Crippen molar-refractivity contribution in [2.45, 2.75) is 19.8 Å². The van der Waals surface area contributed by atoms with E-state index in [1.54, 1.807) is 0 Å². The Bertz CT molecular complexity index is 2030. The average molecular weight is 723 g/mol. The van der Waals surface area contributed by atoms with Gasteiger partial charge in [0.05, 0.1) is 11.4 Å². The molecule has 0 aliphatic carbocycles. The predicted molar refractivity (Wildman–Crippen MR) is 225 cm³/mol. The van der Waals surface area contributed by atoms with Crippen molar-refractivity contribution in [3.05, 3.63) is 218 Å². The molecule has 7 aromatic rings. The van der Waals surface area contributed by atoms with Crippen molar-refractivity contribution in [2.24, 2.45) is 10.3 Å². The first-order valence-corrected chi connectivity index (χ1v) is 21.9. The molecule has 0 bridgehead atoms. The van der Waals surface area contributed by atoms with Crippen LogP contribution in [-0.2, 0) is 9.05 Å². The zero-order chi connectivity index (χ0) is 36.2. The van der Waals surface area contributed by atoms with E-state index in [-0.39, 0.29) is 0 Å². The fourth-order valence-corrected chi connectivity index (χ4v) is 14.0. The van der Waals surface area contributed by atoms with Crippen LogP contribution in [0.5, 0.6) is 0 Å². The van der Waals surface area contributed by atoms with Crippen LogP contribution in [0, 0.1) is 0 Å². The van der Waals surface area contributed by atoms with Crippen LogP contribution in [0.2, 0.25) is 0 Å². The Labute approximate surface area is 315 Å². The highest BCUT2D eigenvalue weighted by Crippen LogP contribution is 2.16. The molecule has 0 unspecified atom stereocenters. The summed E-state index contributed by atoms with van der Waals surface area (Å²) in [7, 11) is -6.06. The molecule has 0 atom stereocenters. The summed E-state index contributed by atoms with van der Waals surface area (Å²) in [6.07, 6.45) is 1.25. The number of benzene rings is 7. The quantitative estimate of drug-likeness (QED) is 0.0530. The standard InChI is InChI=1S/C47H42N2O2Si2/c1-39(48-50-52(41-25-11-3-12-26-41,42-27-13-4-14-28-42)43-29-15-5-16-30-43)37-38-47(40-23-9-2-10-24-40)49-51-53(44-31-17-6-18-32-44,45-33-19-7-20-34-45)46-35-21-8-22-36-46/h2-36H,37-38H2,1H3/b48-39+,49-47-. The van der Waals surface area contributed by atoms with Crippen LogP contribution < -0.4 is 31.1 Å². The molecule has 53 heavy (non-hydrogen) atoms. The van der Waals surface area contributed by atoms with Gasteiger partial charge < -0.3 is 9.05 Å². The molecule has 0 amide bonds. The van der Waals surface area contributed by atoms with E-state index >= 15 is 0 Å². The summed E-state index contributed by atoms with van der Waals surface area (Å²) in [6.45, 7) is 2.04. The molecular formula is C47H42N2O2Si2. The van der Waals surface area contributed by atoms with Crippen molar-refractivity contribution >= 4 is 59.2 Å². The van der Waals surface area contributed by atoms with Crippen LogP contribution in [0.4, 0.5) is 0 Å². The van der Waals surface area contributed by atoms with Crippen molar-refractivity contribution in [3.63, 3.8) is 0 Å². The van der Waals surface area contributed by atoms with Gasteiger partial charge in [0.1, 0.15) is 0 Å². The van der Waals surface area contributed by atoms with E-state index in [2.05, 4.69) is 158 Å². The van der Waals surface area contributed by atoms with Crippen LogP contribution in [-0.4, -0.2) is 28.1 Å². The summed E-state index contributed by atoms with van der Waals surface area (Å²) in [4.78, 5) is 0. The van der Waals surface area contributed by atoms with Gasteiger partial charge in [-0.3, -0.25) is 0 Å². The second-order valence-electron chi connectivity index (χ2n) is 13.0. The van der Waals surface area contributed by atoms with Gasteiger partial charge in [0.2, 0.25) is 0 Å². The number of hydrogen-bond donors (Lipinski definition) is 0. The predicted octanol–water partition coefficient (Wildman–Crippen LogP) is 6.91. The molecule has 0 N–H and O–H groups in total. The molecule has 7 rings (SSSR count). The third kappa shape index (κ3) is 7.75. The molecule has 260 valence electrons. The number of oxime groups is 2. The Hall–Kier alpha value is -6.09. The third-order valence-corrected chi connectivity index (χ3v) is 17.2. The van der Waals surface area contributed by atoms with Gasteiger partial charge in [-0.2, -0.15) is 0 Å². The maximum absolute atomic E-state index is 7.09. The summed E-state index contributed by atoms with van der Waals surface area (Å²) in [5.41, 5.74) is 2.75. The van der Waals surface area contributed by atoms with Gasteiger partial charge in [-0.15, -0.1) is 10.3 Å². The van der Waals surface area contributed by atoms with Crippen LogP contribution in [0.25, 0.3) is 0 Å². The lowest BCUT2D eigenvalue weighted by Crippen LogP contribution is -2.68. The molecule has 0 saturated heterocycles.